The number of hydrogen-bond acceptors (Lipinski definition) is 2. The topological polar surface area (TPSA) is 38.0 Å². The van der Waals surface area contributed by atoms with Gasteiger partial charge < -0.3 is 11.1 Å². The zero-order valence-corrected chi connectivity index (χ0v) is 8.50. The third-order valence-corrected chi connectivity index (χ3v) is 2.93. The molecule has 1 aromatic rings. The minimum atomic E-state index is 0. The molecule has 0 spiro atoms. The normalized spacial score (nSPS) is 16.8. The lowest BCUT2D eigenvalue weighted by molar-refractivity contribution is 0.463. The number of hydrogen-bond donors (Lipinski definition) is 2. The Morgan fingerprint density at radius 1 is 1.07 bits per heavy atom. The summed E-state index contributed by atoms with van der Waals surface area (Å²) < 4.78 is 0. The number of anilines is 2. The summed E-state index contributed by atoms with van der Waals surface area (Å²) in [6.45, 7) is 0. The molecular formula is C13H22N2. The molecule has 2 rings (SSSR count). The SMILES string of the molecule is C.Nc1ccccc1NC1CCCCC1. The summed E-state index contributed by atoms with van der Waals surface area (Å²) in [5.74, 6) is 0. The van der Waals surface area contributed by atoms with Crippen molar-refractivity contribution in [2.24, 2.45) is 0 Å². The highest BCUT2D eigenvalue weighted by Crippen LogP contribution is 2.24. The summed E-state index contributed by atoms with van der Waals surface area (Å²) in [4.78, 5) is 0. The summed E-state index contributed by atoms with van der Waals surface area (Å²) >= 11 is 0. The molecule has 1 saturated carbocycles. The lowest BCUT2D eigenvalue weighted by atomic mass is 9.95. The van der Waals surface area contributed by atoms with Crippen molar-refractivity contribution in [3.63, 3.8) is 0 Å². The molecule has 2 heteroatoms. The molecule has 15 heavy (non-hydrogen) atoms. The fourth-order valence-corrected chi connectivity index (χ4v) is 2.10. The number of rotatable bonds is 2. The first-order valence-electron chi connectivity index (χ1n) is 5.47. The molecule has 0 heterocycles. The first-order chi connectivity index (χ1) is 6.86. The van der Waals surface area contributed by atoms with Crippen LogP contribution in [0.5, 0.6) is 0 Å². The third kappa shape index (κ3) is 3.15. The molecule has 0 saturated heterocycles. The molecule has 1 aromatic carbocycles. The van der Waals surface area contributed by atoms with E-state index >= 15 is 0 Å². The van der Waals surface area contributed by atoms with E-state index in [-0.39, 0.29) is 7.43 Å². The van der Waals surface area contributed by atoms with Crippen LogP contribution in [0.2, 0.25) is 0 Å². The van der Waals surface area contributed by atoms with E-state index in [1.807, 2.05) is 18.2 Å². The number of para-hydroxylation sites is 2. The highest BCUT2D eigenvalue weighted by molar-refractivity contribution is 5.65. The second-order valence-electron chi connectivity index (χ2n) is 4.07. The van der Waals surface area contributed by atoms with Gasteiger partial charge in [-0.05, 0) is 25.0 Å². The molecule has 1 aliphatic rings. The Hall–Kier alpha value is -1.18. The van der Waals surface area contributed by atoms with Crippen molar-refractivity contribution in [1.82, 2.24) is 0 Å². The Morgan fingerprint density at radius 2 is 1.73 bits per heavy atom. The Kier molecular flexibility index (Phi) is 4.47. The smallest absolute Gasteiger partial charge is 0.0576 e. The number of benzene rings is 1. The standard InChI is InChI=1S/C12H18N2.CH4/c13-11-8-4-5-9-12(11)14-10-6-2-1-3-7-10;/h4-5,8-10,14H,1-3,6-7,13H2;1H4. The number of nitrogens with one attached hydrogen (secondary N) is 1. The van der Waals surface area contributed by atoms with Crippen molar-refractivity contribution < 1.29 is 0 Å². The first-order valence-corrected chi connectivity index (χ1v) is 5.47. The number of nitrogen functional groups attached to an aromatic ring is 1. The molecule has 0 aromatic heterocycles. The van der Waals surface area contributed by atoms with Gasteiger partial charge in [0.2, 0.25) is 0 Å². The van der Waals surface area contributed by atoms with Crippen LogP contribution in [-0.4, -0.2) is 6.04 Å². The van der Waals surface area contributed by atoms with Crippen LogP contribution in [0.1, 0.15) is 39.5 Å². The Bertz CT molecular complexity index is 290. The van der Waals surface area contributed by atoms with Crippen molar-refractivity contribution in [3.8, 4) is 0 Å². The first kappa shape index (κ1) is 11.9. The van der Waals surface area contributed by atoms with Crippen LogP contribution >= 0.6 is 0 Å². The van der Waals surface area contributed by atoms with Gasteiger partial charge in [0.15, 0.2) is 0 Å². The van der Waals surface area contributed by atoms with Gasteiger partial charge in [-0.3, -0.25) is 0 Å². The second kappa shape index (κ2) is 5.64. The average Bonchev–Trinajstić information content (AvgIpc) is 2.23. The van der Waals surface area contributed by atoms with Gasteiger partial charge >= 0.3 is 0 Å². The van der Waals surface area contributed by atoms with Crippen LogP contribution in [0.25, 0.3) is 0 Å². The maximum Gasteiger partial charge on any atom is 0.0576 e. The molecular weight excluding hydrogens is 184 g/mol. The Balaban J connectivity index is 0.00000112. The summed E-state index contributed by atoms with van der Waals surface area (Å²) in [5, 5.41) is 3.52. The van der Waals surface area contributed by atoms with Crippen LogP contribution in [0.3, 0.4) is 0 Å². The van der Waals surface area contributed by atoms with Gasteiger partial charge in [0.25, 0.3) is 0 Å². The van der Waals surface area contributed by atoms with Gasteiger partial charge in [-0.15, -0.1) is 0 Å². The molecule has 0 unspecified atom stereocenters. The van der Waals surface area contributed by atoms with E-state index in [1.54, 1.807) is 0 Å². The predicted octanol–water partition coefficient (Wildman–Crippen LogP) is 3.65. The molecule has 0 radical (unpaired) electrons. The van der Waals surface area contributed by atoms with Gasteiger partial charge in [-0.1, -0.05) is 38.8 Å². The van der Waals surface area contributed by atoms with Crippen molar-refractivity contribution in [1.29, 1.82) is 0 Å². The van der Waals surface area contributed by atoms with Crippen molar-refractivity contribution in [2.45, 2.75) is 45.6 Å². The fraction of sp³-hybridized carbons (Fsp3) is 0.538. The van der Waals surface area contributed by atoms with Gasteiger partial charge in [0, 0.05) is 6.04 Å². The van der Waals surface area contributed by atoms with Crippen LogP contribution in [-0.2, 0) is 0 Å². The molecule has 1 aliphatic carbocycles. The molecule has 2 nitrogen and oxygen atoms in total. The average molecular weight is 206 g/mol. The minimum absolute atomic E-state index is 0. The van der Waals surface area contributed by atoms with E-state index in [4.69, 9.17) is 5.73 Å². The monoisotopic (exact) mass is 206 g/mol. The highest BCUT2D eigenvalue weighted by Gasteiger charge is 2.13. The molecule has 84 valence electrons. The Labute approximate surface area is 92.9 Å². The molecule has 1 fully saturated rings. The molecule has 0 aliphatic heterocycles. The van der Waals surface area contributed by atoms with E-state index < -0.39 is 0 Å². The predicted molar refractivity (Wildman–Crippen MR) is 68.1 cm³/mol. The lowest BCUT2D eigenvalue weighted by Crippen LogP contribution is -2.22. The largest absolute Gasteiger partial charge is 0.397 e. The maximum absolute atomic E-state index is 5.88. The minimum Gasteiger partial charge on any atom is -0.397 e. The van der Waals surface area contributed by atoms with Crippen LogP contribution in [0, 0.1) is 0 Å². The van der Waals surface area contributed by atoms with Crippen LogP contribution in [0.4, 0.5) is 11.4 Å². The quantitative estimate of drug-likeness (QED) is 0.725. The summed E-state index contributed by atoms with van der Waals surface area (Å²) in [6.07, 6.45) is 6.67. The van der Waals surface area contributed by atoms with E-state index in [0.29, 0.717) is 6.04 Å². The van der Waals surface area contributed by atoms with Gasteiger partial charge in [-0.25, -0.2) is 0 Å². The van der Waals surface area contributed by atoms with E-state index in [1.165, 1.54) is 32.1 Å². The summed E-state index contributed by atoms with van der Waals surface area (Å²) in [5.41, 5.74) is 7.83. The maximum atomic E-state index is 5.88. The number of nitrogens with two attached hydrogens (primary N) is 1. The van der Waals surface area contributed by atoms with E-state index in [2.05, 4.69) is 11.4 Å². The van der Waals surface area contributed by atoms with Crippen molar-refractivity contribution in [3.05, 3.63) is 24.3 Å². The van der Waals surface area contributed by atoms with Gasteiger partial charge in [0.05, 0.1) is 11.4 Å². The Morgan fingerprint density at radius 3 is 2.40 bits per heavy atom. The van der Waals surface area contributed by atoms with E-state index in [9.17, 15) is 0 Å². The van der Waals surface area contributed by atoms with Crippen molar-refractivity contribution >= 4 is 11.4 Å². The van der Waals surface area contributed by atoms with Crippen molar-refractivity contribution in [2.75, 3.05) is 11.1 Å². The van der Waals surface area contributed by atoms with Gasteiger partial charge in [0.1, 0.15) is 0 Å². The molecule has 0 bridgehead atoms. The van der Waals surface area contributed by atoms with Crippen LogP contribution < -0.4 is 11.1 Å². The zero-order chi connectivity index (χ0) is 9.80. The van der Waals surface area contributed by atoms with E-state index in [0.717, 1.165) is 11.4 Å². The van der Waals surface area contributed by atoms with Gasteiger partial charge in [-0.2, -0.15) is 0 Å². The zero-order valence-electron chi connectivity index (χ0n) is 8.50. The lowest BCUT2D eigenvalue weighted by Gasteiger charge is -2.24. The third-order valence-electron chi connectivity index (χ3n) is 2.93. The van der Waals surface area contributed by atoms with Crippen LogP contribution in [0.15, 0.2) is 24.3 Å². The molecule has 0 amide bonds. The molecule has 0 atom stereocenters. The molecule has 3 N–H and O–H groups in total. The summed E-state index contributed by atoms with van der Waals surface area (Å²) in [7, 11) is 0. The summed E-state index contributed by atoms with van der Waals surface area (Å²) in [6, 6.07) is 8.64. The fourth-order valence-electron chi connectivity index (χ4n) is 2.10. The highest BCUT2D eigenvalue weighted by atomic mass is 14.9. The second-order valence-corrected chi connectivity index (χ2v) is 4.07.